The van der Waals surface area contributed by atoms with Gasteiger partial charge >= 0.3 is 5.69 Å². The lowest BCUT2D eigenvalue weighted by Gasteiger charge is -2.06. The van der Waals surface area contributed by atoms with Gasteiger partial charge in [-0.05, 0) is 40.2 Å². The van der Waals surface area contributed by atoms with E-state index in [0.717, 1.165) is 12.1 Å². The molecule has 0 N–H and O–H groups in total. The number of benzene rings is 2. The molecule has 0 saturated carbocycles. The highest BCUT2D eigenvalue weighted by Crippen LogP contribution is 2.29. The van der Waals surface area contributed by atoms with Crippen LogP contribution >= 0.6 is 15.9 Å². The van der Waals surface area contributed by atoms with Gasteiger partial charge in [-0.1, -0.05) is 0 Å². The SMILES string of the molecule is N#Cc1ccc(Oc2ccc([N+](=O)[O-])c(F)c2)cc1Br. The molecule has 0 radical (unpaired) electrons. The quantitative estimate of drug-likeness (QED) is 0.622. The van der Waals surface area contributed by atoms with Gasteiger partial charge in [0, 0.05) is 16.6 Å². The second kappa shape index (κ2) is 5.67. The highest BCUT2D eigenvalue weighted by atomic mass is 79.9. The van der Waals surface area contributed by atoms with Crippen LogP contribution in [0.5, 0.6) is 11.5 Å². The fraction of sp³-hybridized carbons (Fsp3) is 0. The molecule has 0 aliphatic carbocycles. The predicted molar refractivity (Wildman–Crippen MR) is 72.0 cm³/mol. The van der Waals surface area contributed by atoms with Gasteiger partial charge < -0.3 is 4.74 Å². The van der Waals surface area contributed by atoms with Gasteiger partial charge in [-0.2, -0.15) is 9.65 Å². The maximum absolute atomic E-state index is 13.4. The normalized spacial score (nSPS) is 9.85. The highest BCUT2D eigenvalue weighted by molar-refractivity contribution is 9.10. The van der Waals surface area contributed by atoms with Crippen molar-refractivity contribution in [3.63, 3.8) is 0 Å². The maximum Gasteiger partial charge on any atom is 0.305 e. The third kappa shape index (κ3) is 2.92. The van der Waals surface area contributed by atoms with E-state index < -0.39 is 16.4 Å². The minimum atomic E-state index is -0.972. The van der Waals surface area contributed by atoms with Crippen LogP contribution < -0.4 is 4.74 Å². The highest BCUT2D eigenvalue weighted by Gasteiger charge is 2.14. The zero-order valence-electron chi connectivity index (χ0n) is 9.84. The molecular weight excluding hydrogens is 331 g/mol. The monoisotopic (exact) mass is 336 g/mol. The van der Waals surface area contributed by atoms with Crippen LogP contribution in [0.15, 0.2) is 40.9 Å². The summed E-state index contributed by atoms with van der Waals surface area (Å²) in [6.07, 6.45) is 0. The van der Waals surface area contributed by atoms with Crippen LogP contribution in [0.2, 0.25) is 0 Å². The van der Waals surface area contributed by atoms with Crippen molar-refractivity contribution >= 4 is 21.6 Å². The van der Waals surface area contributed by atoms with Gasteiger partial charge in [0.15, 0.2) is 0 Å². The van der Waals surface area contributed by atoms with Crippen molar-refractivity contribution in [2.45, 2.75) is 0 Å². The van der Waals surface area contributed by atoms with Gasteiger partial charge in [0.1, 0.15) is 17.6 Å². The Morgan fingerprint density at radius 3 is 2.45 bits per heavy atom. The number of ether oxygens (including phenoxy) is 1. The topological polar surface area (TPSA) is 76.2 Å². The first kappa shape index (κ1) is 14.0. The van der Waals surface area contributed by atoms with Crippen molar-refractivity contribution in [2.24, 2.45) is 0 Å². The Balaban J connectivity index is 2.27. The largest absolute Gasteiger partial charge is 0.457 e. The van der Waals surface area contributed by atoms with Crippen molar-refractivity contribution < 1.29 is 14.1 Å². The maximum atomic E-state index is 13.4. The van der Waals surface area contributed by atoms with Gasteiger partial charge in [-0.15, -0.1) is 0 Å². The molecule has 2 aromatic rings. The minimum Gasteiger partial charge on any atom is -0.457 e. The second-order valence-corrected chi connectivity index (χ2v) is 4.58. The molecule has 7 heteroatoms. The molecule has 2 rings (SSSR count). The Hall–Kier alpha value is -2.46. The van der Waals surface area contributed by atoms with E-state index in [1.54, 1.807) is 18.2 Å². The first-order chi connectivity index (χ1) is 9.51. The average Bonchev–Trinajstić information content (AvgIpc) is 2.38. The first-order valence-corrected chi connectivity index (χ1v) is 6.12. The minimum absolute atomic E-state index is 0.129. The van der Waals surface area contributed by atoms with Gasteiger partial charge in [0.2, 0.25) is 5.82 Å². The summed E-state index contributed by atoms with van der Waals surface area (Å²) in [5.74, 6) is -0.464. The number of hydrogen-bond donors (Lipinski definition) is 0. The van der Waals surface area contributed by atoms with Crippen LogP contribution in [-0.4, -0.2) is 4.92 Å². The van der Waals surface area contributed by atoms with E-state index >= 15 is 0 Å². The zero-order valence-corrected chi connectivity index (χ0v) is 11.4. The molecule has 2 aromatic carbocycles. The summed E-state index contributed by atoms with van der Waals surface area (Å²) in [5, 5.41) is 19.3. The summed E-state index contributed by atoms with van der Waals surface area (Å²) >= 11 is 3.20. The summed E-state index contributed by atoms with van der Waals surface area (Å²) in [7, 11) is 0. The number of halogens is 2. The third-order valence-corrected chi connectivity index (χ3v) is 3.07. The number of nitrogens with zero attached hydrogens (tertiary/aromatic N) is 2. The van der Waals surface area contributed by atoms with Gasteiger partial charge in [0.25, 0.3) is 0 Å². The Morgan fingerprint density at radius 1 is 1.25 bits per heavy atom. The Bertz CT molecular complexity index is 728. The van der Waals surface area contributed by atoms with E-state index in [0.29, 0.717) is 15.8 Å². The fourth-order valence-electron chi connectivity index (χ4n) is 1.49. The summed E-state index contributed by atoms with van der Waals surface area (Å²) in [5.41, 5.74) is -0.175. The molecule has 0 bridgehead atoms. The average molecular weight is 337 g/mol. The van der Waals surface area contributed by atoms with Crippen LogP contribution in [0.25, 0.3) is 0 Å². The van der Waals surface area contributed by atoms with E-state index in [1.165, 1.54) is 6.07 Å². The van der Waals surface area contributed by atoms with E-state index in [2.05, 4.69) is 15.9 Å². The number of nitro groups is 1. The second-order valence-electron chi connectivity index (χ2n) is 3.73. The molecule has 0 saturated heterocycles. The van der Waals surface area contributed by atoms with Crippen molar-refractivity contribution in [2.75, 3.05) is 0 Å². The molecule has 0 aliphatic rings. The lowest BCUT2D eigenvalue weighted by molar-refractivity contribution is -0.387. The fourth-order valence-corrected chi connectivity index (χ4v) is 1.93. The molecule has 0 unspecified atom stereocenters. The number of nitriles is 1. The third-order valence-electron chi connectivity index (χ3n) is 2.41. The van der Waals surface area contributed by atoms with E-state index in [4.69, 9.17) is 10.00 Å². The number of rotatable bonds is 3. The summed E-state index contributed by atoms with van der Waals surface area (Å²) in [6, 6.07) is 9.88. The zero-order chi connectivity index (χ0) is 14.7. The van der Waals surface area contributed by atoms with Crippen LogP contribution in [0.3, 0.4) is 0 Å². The van der Waals surface area contributed by atoms with Gasteiger partial charge in [-0.25, -0.2) is 0 Å². The number of nitro benzene ring substituents is 1. The molecule has 0 heterocycles. The van der Waals surface area contributed by atoms with Crippen molar-refractivity contribution in [1.82, 2.24) is 0 Å². The Labute approximate surface area is 121 Å². The summed E-state index contributed by atoms with van der Waals surface area (Å²) in [6.45, 7) is 0. The Kier molecular flexibility index (Phi) is 3.96. The van der Waals surface area contributed by atoms with E-state index in [-0.39, 0.29) is 5.75 Å². The molecule has 0 amide bonds. The van der Waals surface area contributed by atoms with E-state index in [9.17, 15) is 14.5 Å². The lowest BCUT2D eigenvalue weighted by atomic mass is 10.2. The van der Waals surface area contributed by atoms with Gasteiger partial charge in [0.05, 0.1) is 10.5 Å². The van der Waals surface area contributed by atoms with Crippen molar-refractivity contribution in [3.8, 4) is 17.6 Å². The molecule has 100 valence electrons. The smallest absolute Gasteiger partial charge is 0.305 e. The van der Waals surface area contributed by atoms with Crippen LogP contribution in [0.1, 0.15) is 5.56 Å². The van der Waals surface area contributed by atoms with Gasteiger partial charge in [-0.3, -0.25) is 10.1 Å². The molecule has 0 atom stereocenters. The molecule has 0 aromatic heterocycles. The first-order valence-electron chi connectivity index (χ1n) is 5.32. The van der Waals surface area contributed by atoms with Crippen LogP contribution in [0, 0.1) is 27.3 Å². The van der Waals surface area contributed by atoms with E-state index in [1.807, 2.05) is 6.07 Å². The molecule has 20 heavy (non-hydrogen) atoms. The van der Waals surface area contributed by atoms with Crippen LogP contribution in [-0.2, 0) is 0 Å². The summed E-state index contributed by atoms with van der Waals surface area (Å²) in [4.78, 5) is 9.69. The standard InChI is InChI=1S/C13H6BrFN2O3/c14-11-5-9(2-1-8(11)7-16)20-10-3-4-13(17(18)19)12(15)6-10/h1-6H. The molecule has 0 fully saturated rings. The van der Waals surface area contributed by atoms with Crippen molar-refractivity contribution in [1.29, 1.82) is 5.26 Å². The molecule has 5 nitrogen and oxygen atoms in total. The van der Waals surface area contributed by atoms with Crippen LogP contribution in [0.4, 0.5) is 10.1 Å². The molecule has 0 spiro atoms. The summed E-state index contributed by atoms with van der Waals surface area (Å²) < 4.78 is 19.3. The molecule has 0 aliphatic heterocycles. The lowest BCUT2D eigenvalue weighted by Crippen LogP contribution is -1.93. The Morgan fingerprint density at radius 2 is 1.90 bits per heavy atom. The molecular formula is C13H6BrFN2O3. The predicted octanol–water partition coefficient (Wildman–Crippen LogP) is 4.16. The number of hydrogen-bond acceptors (Lipinski definition) is 4. The van der Waals surface area contributed by atoms with Crippen molar-refractivity contribution in [3.05, 3.63) is 62.4 Å².